The second-order valence-corrected chi connectivity index (χ2v) is 11.8. The Morgan fingerprint density at radius 1 is 0.946 bits per heavy atom. The molecule has 2 aromatic carbocycles. The normalized spacial score (nSPS) is 33.1. The second-order valence-electron chi connectivity index (χ2n) is 10.9. The number of anilines is 2. The first-order valence-electron chi connectivity index (χ1n) is 12.8. The van der Waals surface area contributed by atoms with E-state index in [4.69, 9.17) is 4.74 Å². The molecule has 4 fully saturated rings. The van der Waals surface area contributed by atoms with Crippen molar-refractivity contribution in [3.05, 3.63) is 64.7 Å². The highest BCUT2D eigenvalue weighted by atomic mass is 79.9. The van der Waals surface area contributed by atoms with Crippen molar-refractivity contribution in [1.29, 1.82) is 0 Å². The van der Waals surface area contributed by atoms with Gasteiger partial charge in [0.2, 0.25) is 17.7 Å². The molecule has 8 rings (SSSR count). The number of rotatable bonds is 4. The number of hydrogen-bond donors (Lipinski definition) is 0. The molecule has 37 heavy (non-hydrogen) atoms. The smallest absolute Gasteiger partial charge is 0.316 e. The third-order valence-electron chi connectivity index (χ3n) is 8.89. The molecule has 0 spiro atoms. The number of halogens is 1. The van der Waals surface area contributed by atoms with Gasteiger partial charge in [-0.1, -0.05) is 28.1 Å². The van der Waals surface area contributed by atoms with Gasteiger partial charge >= 0.3 is 5.97 Å². The van der Waals surface area contributed by atoms with Gasteiger partial charge in [-0.15, -0.1) is 0 Å². The number of carbonyl (C=O) groups excluding carboxylic acids is 4. The minimum absolute atomic E-state index is 0.0872. The van der Waals surface area contributed by atoms with E-state index < -0.39 is 11.9 Å². The summed E-state index contributed by atoms with van der Waals surface area (Å²) in [6, 6.07) is 12.4. The lowest BCUT2D eigenvalue weighted by molar-refractivity contribution is -0.139. The van der Waals surface area contributed by atoms with Crippen molar-refractivity contribution in [3.63, 3.8) is 0 Å². The molecule has 7 nitrogen and oxygen atoms in total. The van der Waals surface area contributed by atoms with E-state index in [-0.39, 0.29) is 54.4 Å². The Morgan fingerprint density at radius 2 is 1.59 bits per heavy atom. The first-order chi connectivity index (χ1) is 17.8. The van der Waals surface area contributed by atoms with Crippen LogP contribution in [0.1, 0.15) is 18.4 Å². The van der Waals surface area contributed by atoms with Gasteiger partial charge in [-0.2, -0.15) is 0 Å². The van der Waals surface area contributed by atoms with Gasteiger partial charge in [-0.3, -0.25) is 19.2 Å². The van der Waals surface area contributed by atoms with E-state index in [1.165, 1.54) is 4.90 Å². The van der Waals surface area contributed by atoms with Gasteiger partial charge in [0.05, 0.1) is 23.4 Å². The van der Waals surface area contributed by atoms with E-state index in [9.17, 15) is 19.2 Å². The molecule has 3 amide bonds. The van der Waals surface area contributed by atoms with Gasteiger partial charge in [0.25, 0.3) is 0 Å². The number of allylic oxidation sites excluding steroid dienone is 2. The number of hydrogen-bond acceptors (Lipinski definition) is 5. The fraction of sp³-hybridized carbons (Fsp3) is 0.379. The van der Waals surface area contributed by atoms with E-state index in [1.54, 1.807) is 23.1 Å². The van der Waals surface area contributed by atoms with E-state index in [0.717, 1.165) is 16.6 Å². The monoisotopic (exact) mass is 560 g/mol. The Kier molecular flexibility index (Phi) is 5.02. The predicted molar refractivity (Wildman–Crippen MR) is 139 cm³/mol. The molecule has 0 unspecified atom stereocenters. The summed E-state index contributed by atoms with van der Waals surface area (Å²) in [7, 11) is 0. The Labute approximate surface area is 222 Å². The average Bonchev–Trinajstić information content (AvgIpc) is 3.56. The van der Waals surface area contributed by atoms with E-state index >= 15 is 0 Å². The van der Waals surface area contributed by atoms with Crippen molar-refractivity contribution in [2.75, 3.05) is 16.3 Å². The fourth-order valence-corrected chi connectivity index (χ4v) is 7.34. The molecule has 188 valence electrons. The van der Waals surface area contributed by atoms with Crippen LogP contribution < -0.4 is 14.5 Å². The molecule has 2 aromatic rings. The molecule has 2 saturated heterocycles. The fourth-order valence-electron chi connectivity index (χ4n) is 7.07. The highest BCUT2D eigenvalue weighted by Crippen LogP contribution is 2.65. The Balaban J connectivity index is 1.06. The van der Waals surface area contributed by atoms with Crippen LogP contribution in [0.3, 0.4) is 0 Å². The van der Waals surface area contributed by atoms with Gasteiger partial charge in [-0.05, 0) is 85.0 Å². The lowest BCUT2D eigenvalue weighted by Crippen LogP contribution is -2.40. The molecule has 2 bridgehead atoms. The summed E-state index contributed by atoms with van der Waals surface area (Å²) in [6.07, 6.45) is 5.54. The van der Waals surface area contributed by atoms with Crippen LogP contribution in [0.4, 0.5) is 11.4 Å². The summed E-state index contributed by atoms with van der Waals surface area (Å²) in [4.78, 5) is 55.3. The number of nitrogens with zero attached hydrogens (tertiary/aromatic N) is 2. The number of benzene rings is 2. The zero-order valence-corrected chi connectivity index (χ0v) is 21.8. The van der Waals surface area contributed by atoms with Crippen LogP contribution in [-0.4, -0.2) is 30.2 Å². The Bertz CT molecular complexity index is 1370. The van der Waals surface area contributed by atoms with Crippen LogP contribution in [0, 0.1) is 48.3 Å². The van der Waals surface area contributed by atoms with Gasteiger partial charge in [0.15, 0.2) is 0 Å². The average molecular weight is 561 g/mol. The minimum Gasteiger partial charge on any atom is -0.426 e. The number of amides is 3. The lowest BCUT2D eigenvalue weighted by atomic mass is 9.63. The standard InChI is InChI=1S/C29H25BrN2O5/c1-14-10-18(37-29(36)15-11-24(33)31(13-15)17-4-2-16(30)3-5-17)6-9-23(14)32-27(34)25-19-7-8-20(22-12-21(19)22)26(25)28(32)35/h2-10,15,19-22,25-26H,11-13H2,1H3/t15-,19+,20+,21+,22+,25-,26+/m1/s1. The zero-order valence-electron chi connectivity index (χ0n) is 20.2. The van der Waals surface area contributed by atoms with Crippen molar-refractivity contribution in [2.45, 2.75) is 19.8 Å². The summed E-state index contributed by atoms with van der Waals surface area (Å²) in [5.74, 6) is -0.0952. The van der Waals surface area contributed by atoms with Crippen LogP contribution >= 0.6 is 15.9 Å². The maximum absolute atomic E-state index is 13.4. The molecule has 0 aromatic heterocycles. The molecule has 8 heteroatoms. The maximum atomic E-state index is 13.4. The van der Waals surface area contributed by atoms with Crippen LogP contribution in [0.5, 0.6) is 5.75 Å². The molecular formula is C29H25BrN2O5. The molecular weight excluding hydrogens is 536 g/mol. The first-order valence-corrected chi connectivity index (χ1v) is 13.6. The SMILES string of the molecule is Cc1cc(OC(=O)[C@@H]2CC(=O)N(c3ccc(Br)cc3)C2)ccc1N1C(=O)[C@@H]2[C@H]3C=C[C@@H]([C@@H]4C[C@@H]34)[C@@H]2C1=O. The third-order valence-corrected chi connectivity index (χ3v) is 9.42. The number of carbonyl (C=O) groups is 4. The topological polar surface area (TPSA) is 84.0 Å². The molecule has 0 N–H and O–H groups in total. The lowest BCUT2D eigenvalue weighted by Gasteiger charge is -2.37. The maximum Gasteiger partial charge on any atom is 0.316 e. The quantitative estimate of drug-likeness (QED) is 0.241. The molecule has 4 aliphatic carbocycles. The van der Waals surface area contributed by atoms with Gasteiger partial charge < -0.3 is 9.64 Å². The Morgan fingerprint density at radius 3 is 2.22 bits per heavy atom. The van der Waals surface area contributed by atoms with Crippen molar-refractivity contribution in [3.8, 4) is 5.75 Å². The molecule has 0 radical (unpaired) electrons. The largest absolute Gasteiger partial charge is 0.426 e. The number of esters is 1. The number of aryl methyl sites for hydroxylation is 1. The van der Waals surface area contributed by atoms with Crippen LogP contribution in [0.25, 0.3) is 0 Å². The Hall–Kier alpha value is -3.26. The first kappa shape index (κ1) is 22.9. The second kappa shape index (κ2) is 8.12. The summed E-state index contributed by atoms with van der Waals surface area (Å²) < 4.78 is 6.55. The van der Waals surface area contributed by atoms with Crippen molar-refractivity contribution < 1.29 is 23.9 Å². The summed E-state index contributed by atoms with van der Waals surface area (Å²) in [6.45, 7) is 2.07. The van der Waals surface area contributed by atoms with Gasteiger partial charge in [-0.25, -0.2) is 4.90 Å². The van der Waals surface area contributed by atoms with Crippen LogP contribution in [0.2, 0.25) is 0 Å². The van der Waals surface area contributed by atoms with Crippen LogP contribution in [-0.2, 0) is 19.2 Å². The minimum atomic E-state index is -0.574. The van der Waals surface area contributed by atoms with Crippen molar-refractivity contribution in [2.24, 2.45) is 41.4 Å². The van der Waals surface area contributed by atoms with Crippen molar-refractivity contribution >= 4 is 51.0 Å². The van der Waals surface area contributed by atoms with E-state index in [1.807, 2.05) is 31.2 Å². The molecule has 7 atom stereocenters. The molecule has 2 aliphatic heterocycles. The zero-order chi connectivity index (χ0) is 25.6. The predicted octanol–water partition coefficient (Wildman–Crippen LogP) is 4.27. The third kappa shape index (κ3) is 3.45. The number of ether oxygens (including phenoxy) is 1. The summed E-state index contributed by atoms with van der Waals surface area (Å²) in [5, 5.41) is 0. The summed E-state index contributed by atoms with van der Waals surface area (Å²) >= 11 is 3.39. The number of imide groups is 1. The molecule has 2 heterocycles. The van der Waals surface area contributed by atoms with E-state index in [2.05, 4.69) is 28.1 Å². The van der Waals surface area contributed by atoms with Crippen molar-refractivity contribution in [1.82, 2.24) is 0 Å². The van der Waals surface area contributed by atoms with E-state index in [0.29, 0.717) is 28.8 Å². The highest BCUT2D eigenvalue weighted by Gasteiger charge is 2.67. The van der Waals surface area contributed by atoms with Crippen LogP contribution in [0.15, 0.2) is 59.1 Å². The summed E-state index contributed by atoms with van der Waals surface area (Å²) in [5.41, 5.74) is 1.98. The molecule has 2 saturated carbocycles. The van der Waals surface area contributed by atoms with Gasteiger partial charge in [0.1, 0.15) is 5.75 Å². The molecule has 6 aliphatic rings. The van der Waals surface area contributed by atoms with Gasteiger partial charge in [0, 0.05) is 23.1 Å². The highest BCUT2D eigenvalue weighted by molar-refractivity contribution is 9.10.